The van der Waals surface area contributed by atoms with Crippen LogP contribution < -0.4 is 5.32 Å². The molecule has 1 saturated heterocycles. The van der Waals surface area contributed by atoms with Crippen LogP contribution in [0, 0.1) is 6.92 Å². The molecular weight excluding hydrogens is 208 g/mol. The molecule has 16 heavy (non-hydrogen) atoms. The van der Waals surface area contributed by atoms with Crippen LogP contribution in [0.4, 0.5) is 0 Å². The molecule has 2 rings (SSSR count). The zero-order chi connectivity index (χ0) is 11.7. The molecule has 0 aliphatic carbocycles. The van der Waals surface area contributed by atoms with E-state index >= 15 is 0 Å². The fourth-order valence-corrected chi connectivity index (χ4v) is 1.75. The Bertz CT molecular complexity index is 425. The molecule has 0 aromatic carbocycles. The minimum atomic E-state index is -0.438. The molecule has 0 bridgehead atoms. The quantitative estimate of drug-likeness (QED) is 0.754. The first-order valence-electron chi connectivity index (χ1n) is 5.24. The summed E-state index contributed by atoms with van der Waals surface area (Å²) in [6, 6.07) is 2.94. The van der Waals surface area contributed by atoms with Crippen molar-refractivity contribution < 1.29 is 14.0 Å². The van der Waals surface area contributed by atoms with E-state index in [0.717, 1.165) is 0 Å². The summed E-state index contributed by atoms with van der Waals surface area (Å²) in [4.78, 5) is 25.0. The molecule has 5 heteroatoms. The van der Waals surface area contributed by atoms with E-state index in [1.165, 1.54) is 4.90 Å². The minimum absolute atomic E-state index is 0.122. The Balaban J connectivity index is 2.18. The van der Waals surface area contributed by atoms with E-state index in [1.54, 1.807) is 26.0 Å². The second-order valence-electron chi connectivity index (χ2n) is 3.88. The molecule has 0 saturated carbocycles. The normalized spacial score (nSPS) is 20.8. The highest BCUT2D eigenvalue weighted by Crippen LogP contribution is 2.13. The molecule has 1 aromatic rings. The van der Waals surface area contributed by atoms with Gasteiger partial charge in [-0.05, 0) is 26.0 Å². The molecule has 1 atom stereocenters. The van der Waals surface area contributed by atoms with E-state index in [0.29, 0.717) is 24.6 Å². The van der Waals surface area contributed by atoms with Gasteiger partial charge in [-0.15, -0.1) is 0 Å². The Kier molecular flexibility index (Phi) is 2.68. The monoisotopic (exact) mass is 222 g/mol. The maximum absolute atomic E-state index is 12.0. The zero-order valence-electron chi connectivity index (χ0n) is 9.32. The maximum Gasteiger partial charge on any atom is 0.290 e. The van der Waals surface area contributed by atoms with Crippen LogP contribution in [0.3, 0.4) is 0 Å². The van der Waals surface area contributed by atoms with Gasteiger partial charge in [0.25, 0.3) is 5.91 Å². The second-order valence-corrected chi connectivity index (χ2v) is 3.88. The Labute approximate surface area is 93.4 Å². The lowest BCUT2D eigenvalue weighted by Gasteiger charge is -2.32. The molecule has 1 aliphatic rings. The first kappa shape index (κ1) is 10.7. The van der Waals surface area contributed by atoms with Crippen LogP contribution in [0.5, 0.6) is 0 Å². The number of amides is 2. The van der Waals surface area contributed by atoms with Crippen molar-refractivity contribution in [2.75, 3.05) is 13.1 Å². The van der Waals surface area contributed by atoms with Gasteiger partial charge in [-0.3, -0.25) is 9.59 Å². The number of nitrogens with one attached hydrogen (secondary N) is 1. The molecule has 2 heterocycles. The van der Waals surface area contributed by atoms with E-state index in [4.69, 9.17) is 4.42 Å². The topological polar surface area (TPSA) is 62.6 Å². The van der Waals surface area contributed by atoms with E-state index < -0.39 is 6.04 Å². The van der Waals surface area contributed by atoms with Gasteiger partial charge in [0.1, 0.15) is 11.8 Å². The third-order valence-corrected chi connectivity index (χ3v) is 2.71. The summed E-state index contributed by atoms with van der Waals surface area (Å²) < 4.78 is 5.26. The first-order valence-corrected chi connectivity index (χ1v) is 5.24. The summed E-state index contributed by atoms with van der Waals surface area (Å²) in [5.41, 5.74) is 0. The summed E-state index contributed by atoms with van der Waals surface area (Å²) >= 11 is 0. The summed E-state index contributed by atoms with van der Waals surface area (Å²) in [6.45, 7) is 4.51. The SMILES string of the molecule is Cc1ccc(C(=O)N2CCNC(=O)C2C)o1. The standard InChI is InChI=1S/C11H14N2O3/c1-7-3-4-9(16-7)11(15)13-6-5-12-10(14)8(13)2/h3-4,8H,5-6H2,1-2H3,(H,12,14). The molecule has 1 fully saturated rings. The van der Waals surface area contributed by atoms with E-state index in [9.17, 15) is 9.59 Å². The molecule has 1 aliphatic heterocycles. The lowest BCUT2D eigenvalue weighted by molar-refractivity contribution is -0.127. The van der Waals surface area contributed by atoms with E-state index in [2.05, 4.69) is 5.32 Å². The highest BCUT2D eigenvalue weighted by molar-refractivity contribution is 5.96. The van der Waals surface area contributed by atoms with Gasteiger partial charge >= 0.3 is 0 Å². The van der Waals surface area contributed by atoms with E-state index in [-0.39, 0.29) is 11.8 Å². The van der Waals surface area contributed by atoms with Gasteiger partial charge < -0.3 is 14.6 Å². The van der Waals surface area contributed by atoms with Crippen molar-refractivity contribution in [3.05, 3.63) is 23.7 Å². The molecular formula is C11H14N2O3. The number of furan rings is 1. The number of carbonyl (C=O) groups is 2. The smallest absolute Gasteiger partial charge is 0.290 e. The van der Waals surface area contributed by atoms with Gasteiger partial charge in [-0.1, -0.05) is 0 Å². The van der Waals surface area contributed by atoms with Crippen LogP contribution in [0.15, 0.2) is 16.5 Å². The number of piperazine rings is 1. The number of hydrogen-bond acceptors (Lipinski definition) is 3. The number of hydrogen-bond donors (Lipinski definition) is 1. The lowest BCUT2D eigenvalue weighted by Crippen LogP contribution is -2.55. The van der Waals surface area contributed by atoms with Gasteiger partial charge in [-0.2, -0.15) is 0 Å². The molecule has 86 valence electrons. The molecule has 1 N–H and O–H groups in total. The van der Waals surface area contributed by atoms with Crippen molar-refractivity contribution >= 4 is 11.8 Å². The lowest BCUT2D eigenvalue weighted by atomic mass is 10.2. The fraction of sp³-hybridized carbons (Fsp3) is 0.455. The largest absolute Gasteiger partial charge is 0.456 e. The minimum Gasteiger partial charge on any atom is -0.456 e. The first-order chi connectivity index (χ1) is 7.59. The van der Waals surface area contributed by atoms with Crippen molar-refractivity contribution in [3.8, 4) is 0 Å². The van der Waals surface area contributed by atoms with Crippen LogP contribution in [-0.4, -0.2) is 35.8 Å². The van der Waals surface area contributed by atoms with Crippen molar-refractivity contribution in [3.63, 3.8) is 0 Å². The highest BCUT2D eigenvalue weighted by Gasteiger charge is 2.31. The molecule has 0 radical (unpaired) electrons. The fourth-order valence-electron chi connectivity index (χ4n) is 1.75. The number of carbonyl (C=O) groups excluding carboxylic acids is 2. The number of aryl methyl sites for hydroxylation is 1. The van der Waals surface area contributed by atoms with Crippen molar-refractivity contribution in [2.24, 2.45) is 0 Å². The molecule has 1 aromatic heterocycles. The van der Waals surface area contributed by atoms with Crippen LogP contribution in [-0.2, 0) is 4.79 Å². The van der Waals surface area contributed by atoms with Gasteiger partial charge in [0.2, 0.25) is 5.91 Å². The Morgan fingerprint density at radius 1 is 1.56 bits per heavy atom. The maximum atomic E-state index is 12.0. The van der Waals surface area contributed by atoms with Gasteiger partial charge in [-0.25, -0.2) is 0 Å². The summed E-state index contributed by atoms with van der Waals surface area (Å²) in [6.07, 6.45) is 0. The average Bonchev–Trinajstić information content (AvgIpc) is 2.68. The third-order valence-electron chi connectivity index (χ3n) is 2.71. The Morgan fingerprint density at radius 2 is 2.31 bits per heavy atom. The van der Waals surface area contributed by atoms with Crippen molar-refractivity contribution in [2.45, 2.75) is 19.9 Å². The molecule has 1 unspecified atom stereocenters. The van der Waals surface area contributed by atoms with Crippen molar-refractivity contribution in [1.29, 1.82) is 0 Å². The molecule has 0 spiro atoms. The molecule has 2 amide bonds. The van der Waals surface area contributed by atoms with Crippen molar-refractivity contribution in [1.82, 2.24) is 10.2 Å². The Hall–Kier alpha value is -1.78. The van der Waals surface area contributed by atoms with Crippen LogP contribution in [0.1, 0.15) is 23.2 Å². The number of rotatable bonds is 1. The number of nitrogens with zero attached hydrogens (tertiary/aromatic N) is 1. The predicted octanol–water partition coefficient (Wildman–Crippen LogP) is 0.549. The van der Waals surface area contributed by atoms with Gasteiger partial charge in [0.05, 0.1) is 0 Å². The van der Waals surface area contributed by atoms with Crippen LogP contribution in [0.25, 0.3) is 0 Å². The second kappa shape index (κ2) is 4.00. The summed E-state index contributed by atoms with van der Waals surface area (Å²) in [5, 5.41) is 2.71. The summed E-state index contributed by atoms with van der Waals surface area (Å²) in [5.74, 6) is 0.634. The predicted molar refractivity (Wildman–Crippen MR) is 57.0 cm³/mol. The summed E-state index contributed by atoms with van der Waals surface area (Å²) in [7, 11) is 0. The average molecular weight is 222 g/mol. The molecule has 5 nitrogen and oxygen atoms in total. The zero-order valence-corrected chi connectivity index (χ0v) is 9.32. The van der Waals surface area contributed by atoms with Crippen LogP contribution in [0.2, 0.25) is 0 Å². The Morgan fingerprint density at radius 3 is 2.94 bits per heavy atom. The van der Waals surface area contributed by atoms with Gasteiger partial charge in [0.15, 0.2) is 5.76 Å². The highest BCUT2D eigenvalue weighted by atomic mass is 16.3. The van der Waals surface area contributed by atoms with E-state index in [1.807, 2.05) is 0 Å². The van der Waals surface area contributed by atoms with Gasteiger partial charge in [0, 0.05) is 13.1 Å². The third kappa shape index (κ3) is 1.80. The van der Waals surface area contributed by atoms with Crippen LogP contribution >= 0.6 is 0 Å².